The number of nitrogens with one attached hydrogen (secondary N) is 2. The highest BCUT2D eigenvalue weighted by Gasteiger charge is 2.30. The van der Waals surface area contributed by atoms with Crippen LogP contribution >= 0.6 is 0 Å². The van der Waals surface area contributed by atoms with Gasteiger partial charge in [-0.15, -0.1) is 0 Å². The molecule has 1 aliphatic heterocycles. The Morgan fingerprint density at radius 3 is 2.83 bits per heavy atom. The quantitative estimate of drug-likeness (QED) is 0.670. The van der Waals surface area contributed by atoms with E-state index in [-0.39, 0.29) is 17.5 Å². The number of aryl methyl sites for hydroxylation is 1. The van der Waals surface area contributed by atoms with E-state index >= 15 is 0 Å². The highest BCUT2D eigenvalue weighted by molar-refractivity contribution is 6.32. The van der Waals surface area contributed by atoms with Crippen LogP contribution in [0.4, 0.5) is 5.69 Å². The van der Waals surface area contributed by atoms with Crippen LogP contribution < -0.4 is 15.7 Å². The van der Waals surface area contributed by atoms with Crippen molar-refractivity contribution in [2.24, 2.45) is 0 Å². The number of hydrogen-bond acceptors (Lipinski definition) is 3. The molecule has 0 bridgehead atoms. The van der Waals surface area contributed by atoms with Gasteiger partial charge in [0.1, 0.15) is 19.6 Å². The standard InChI is InChI=1S/C22H21BN4O2/c1-27-20-10-8-16(23)12-15(20)7-9-18(22(27)29)24-21(28)19-13-17(25-26-19)11-14-5-3-2-4-6-14/h2-6,8,10,12-13,18H,7,9,11H2,1H3,(H,24,28)(H,25,26)/t18-/m1/s1. The first-order valence-corrected chi connectivity index (χ1v) is 9.56. The monoisotopic (exact) mass is 384 g/mol. The molecule has 6 nitrogen and oxygen atoms in total. The summed E-state index contributed by atoms with van der Waals surface area (Å²) in [6.45, 7) is 0. The number of anilines is 1. The summed E-state index contributed by atoms with van der Waals surface area (Å²) in [5.74, 6) is -0.514. The molecule has 1 aromatic heterocycles. The summed E-state index contributed by atoms with van der Waals surface area (Å²) in [6.07, 6.45) is 1.82. The number of carbonyl (C=O) groups is 2. The number of aromatic amines is 1. The number of carbonyl (C=O) groups excluding carboxylic acids is 2. The molecule has 2 heterocycles. The highest BCUT2D eigenvalue weighted by atomic mass is 16.2. The number of fused-ring (bicyclic) bond motifs is 1. The van der Waals surface area contributed by atoms with Crippen molar-refractivity contribution in [1.29, 1.82) is 0 Å². The van der Waals surface area contributed by atoms with E-state index in [1.165, 1.54) is 0 Å². The molecule has 2 amide bonds. The topological polar surface area (TPSA) is 78.1 Å². The van der Waals surface area contributed by atoms with Crippen LogP contribution in [-0.4, -0.2) is 42.9 Å². The maximum Gasteiger partial charge on any atom is 0.272 e. The average molecular weight is 384 g/mol. The van der Waals surface area contributed by atoms with E-state index in [0.29, 0.717) is 24.7 Å². The van der Waals surface area contributed by atoms with Crippen LogP contribution in [0.5, 0.6) is 0 Å². The Kier molecular flexibility index (Phi) is 5.21. The van der Waals surface area contributed by atoms with Crippen LogP contribution in [0.2, 0.25) is 0 Å². The number of nitrogens with zero attached hydrogens (tertiary/aromatic N) is 2. The zero-order chi connectivity index (χ0) is 20.4. The smallest absolute Gasteiger partial charge is 0.272 e. The number of benzene rings is 2. The van der Waals surface area contributed by atoms with Gasteiger partial charge in [0.25, 0.3) is 5.91 Å². The summed E-state index contributed by atoms with van der Waals surface area (Å²) in [4.78, 5) is 27.1. The first-order valence-electron chi connectivity index (χ1n) is 9.56. The maximum absolute atomic E-state index is 12.9. The van der Waals surface area contributed by atoms with E-state index < -0.39 is 6.04 Å². The van der Waals surface area contributed by atoms with Gasteiger partial charge in [0, 0.05) is 24.8 Å². The predicted octanol–water partition coefficient (Wildman–Crippen LogP) is 1.50. The number of aromatic nitrogens is 2. The van der Waals surface area contributed by atoms with Crippen molar-refractivity contribution >= 4 is 30.8 Å². The summed E-state index contributed by atoms with van der Waals surface area (Å²) < 4.78 is 0. The molecule has 0 saturated carbocycles. The molecule has 7 heteroatoms. The van der Waals surface area contributed by atoms with Crippen molar-refractivity contribution < 1.29 is 9.59 Å². The van der Waals surface area contributed by atoms with E-state index in [1.54, 1.807) is 24.1 Å². The molecule has 0 aliphatic carbocycles. The minimum atomic E-state index is -0.615. The lowest BCUT2D eigenvalue weighted by molar-refractivity contribution is -0.120. The van der Waals surface area contributed by atoms with Crippen molar-refractivity contribution in [2.75, 3.05) is 11.9 Å². The molecule has 144 valence electrons. The van der Waals surface area contributed by atoms with Gasteiger partial charge in [0.05, 0.1) is 0 Å². The molecule has 1 aliphatic rings. The Balaban J connectivity index is 1.45. The lowest BCUT2D eigenvalue weighted by atomic mass is 9.92. The third-order valence-electron chi connectivity index (χ3n) is 5.20. The number of amides is 2. The fourth-order valence-corrected chi connectivity index (χ4v) is 3.66. The van der Waals surface area contributed by atoms with Gasteiger partial charge in [-0.25, -0.2) is 0 Å². The van der Waals surface area contributed by atoms with E-state index in [9.17, 15) is 9.59 Å². The second-order valence-electron chi connectivity index (χ2n) is 7.29. The third-order valence-corrected chi connectivity index (χ3v) is 5.20. The first-order chi connectivity index (χ1) is 14.0. The van der Waals surface area contributed by atoms with E-state index in [0.717, 1.165) is 22.5 Å². The van der Waals surface area contributed by atoms with Gasteiger partial charge in [-0.2, -0.15) is 5.10 Å². The first kappa shape index (κ1) is 19.0. The zero-order valence-electron chi connectivity index (χ0n) is 16.2. The third kappa shape index (κ3) is 4.09. The SMILES string of the molecule is [B]c1ccc2c(c1)CC[C@@H](NC(=O)c1cc(Cc3ccccc3)[nH]n1)C(=O)N2C. The Bertz CT molecular complexity index is 1050. The number of H-pyrrole nitrogens is 1. The fourth-order valence-electron chi connectivity index (χ4n) is 3.66. The van der Waals surface area contributed by atoms with Gasteiger partial charge in [-0.3, -0.25) is 14.7 Å². The van der Waals surface area contributed by atoms with Crippen LogP contribution in [0, 0.1) is 0 Å². The average Bonchev–Trinajstić information content (AvgIpc) is 3.15. The second kappa shape index (κ2) is 7.95. The van der Waals surface area contributed by atoms with Crippen LogP contribution in [-0.2, 0) is 17.6 Å². The highest BCUT2D eigenvalue weighted by Crippen LogP contribution is 2.25. The second-order valence-corrected chi connectivity index (χ2v) is 7.29. The lowest BCUT2D eigenvalue weighted by Crippen LogP contribution is -2.46. The molecule has 2 N–H and O–H groups in total. The van der Waals surface area contributed by atoms with Gasteiger partial charge < -0.3 is 10.2 Å². The van der Waals surface area contributed by atoms with E-state index in [2.05, 4.69) is 15.5 Å². The minimum absolute atomic E-state index is 0.151. The van der Waals surface area contributed by atoms with Crippen molar-refractivity contribution in [3.05, 3.63) is 77.1 Å². The molecule has 0 fully saturated rings. The van der Waals surface area contributed by atoms with Crippen molar-refractivity contribution in [3.8, 4) is 0 Å². The van der Waals surface area contributed by atoms with Crippen molar-refractivity contribution in [3.63, 3.8) is 0 Å². The van der Waals surface area contributed by atoms with Gasteiger partial charge in [-0.1, -0.05) is 47.9 Å². The largest absolute Gasteiger partial charge is 0.339 e. The Hall–Kier alpha value is -3.35. The normalized spacial score (nSPS) is 16.2. The molecule has 1 atom stereocenters. The van der Waals surface area contributed by atoms with Crippen LogP contribution in [0.15, 0.2) is 54.6 Å². The van der Waals surface area contributed by atoms with Crippen LogP contribution in [0.1, 0.15) is 33.7 Å². The van der Waals surface area contributed by atoms with Crippen molar-refractivity contribution in [2.45, 2.75) is 25.3 Å². The minimum Gasteiger partial charge on any atom is -0.339 e. The van der Waals surface area contributed by atoms with Gasteiger partial charge in [0.2, 0.25) is 5.91 Å². The maximum atomic E-state index is 12.9. The molecule has 3 aromatic rings. The van der Waals surface area contributed by atoms with E-state index in [1.807, 2.05) is 42.5 Å². The molecule has 0 saturated heterocycles. The number of rotatable bonds is 4. The fraction of sp³-hybridized carbons (Fsp3) is 0.227. The summed E-state index contributed by atoms with van der Waals surface area (Å²) in [5.41, 5.74) is 4.73. The molecular formula is C22H21BN4O2. The Labute approximate surface area is 170 Å². The number of likely N-dealkylation sites (N-methyl/N-ethyl adjacent to an activating group) is 1. The molecule has 4 rings (SSSR count). The molecule has 2 radical (unpaired) electrons. The van der Waals surface area contributed by atoms with Gasteiger partial charge >= 0.3 is 0 Å². The Morgan fingerprint density at radius 1 is 1.24 bits per heavy atom. The number of hydrogen-bond donors (Lipinski definition) is 2. The zero-order valence-corrected chi connectivity index (χ0v) is 16.2. The van der Waals surface area contributed by atoms with Crippen LogP contribution in [0.3, 0.4) is 0 Å². The Morgan fingerprint density at radius 2 is 2.03 bits per heavy atom. The lowest BCUT2D eigenvalue weighted by Gasteiger charge is -2.22. The summed E-state index contributed by atoms with van der Waals surface area (Å²) in [5, 5.41) is 9.86. The summed E-state index contributed by atoms with van der Waals surface area (Å²) >= 11 is 0. The van der Waals surface area contributed by atoms with Gasteiger partial charge in [0.15, 0.2) is 0 Å². The van der Waals surface area contributed by atoms with Crippen LogP contribution in [0.25, 0.3) is 0 Å². The molecule has 0 spiro atoms. The van der Waals surface area contributed by atoms with Crippen molar-refractivity contribution in [1.82, 2.24) is 15.5 Å². The molecule has 29 heavy (non-hydrogen) atoms. The molecular weight excluding hydrogens is 363 g/mol. The van der Waals surface area contributed by atoms with E-state index in [4.69, 9.17) is 7.85 Å². The van der Waals surface area contributed by atoms with Gasteiger partial charge in [-0.05, 0) is 36.1 Å². The molecule has 2 aromatic carbocycles. The summed E-state index contributed by atoms with van der Waals surface area (Å²) in [6, 6.07) is 16.6. The molecule has 0 unspecified atom stereocenters. The predicted molar refractivity (Wildman–Crippen MR) is 113 cm³/mol. The summed E-state index contributed by atoms with van der Waals surface area (Å²) in [7, 11) is 7.59.